The Morgan fingerprint density at radius 1 is 0.950 bits per heavy atom. The van der Waals surface area contributed by atoms with Gasteiger partial charge in [0.25, 0.3) is 0 Å². The third kappa shape index (κ3) is 4.54. The van der Waals surface area contributed by atoms with Crippen LogP contribution >= 0.6 is 0 Å². The summed E-state index contributed by atoms with van der Waals surface area (Å²) < 4.78 is 0. The van der Waals surface area contributed by atoms with Gasteiger partial charge in [0, 0.05) is 32.1 Å². The molecule has 114 valence electrons. The molecule has 2 rings (SSSR count). The SMILES string of the molecule is CN1CCN(CC(=O)C2CCN(CC(=O)O)CC2)CC1. The minimum absolute atomic E-state index is 0.0966. The Hall–Kier alpha value is -0.980. The van der Waals surface area contributed by atoms with Crippen LogP contribution in [0.25, 0.3) is 0 Å². The molecule has 2 fully saturated rings. The molecule has 0 bridgehead atoms. The summed E-state index contributed by atoms with van der Waals surface area (Å²) in [6, 6.07) is 0. The summed E-state index contributed by atoms with van der Waals surface area (Å²) in [5.74, 6) is -0.323. The quantitative estimate of drug-likeness (QED) is 0.741. The monoisotopic (exact) mass is 283 g/mol. The zero-order valence-electron chi connectivity index (χ0n) is 12.3. The van der Waals surface area contributed by atoms with Gasteiger partial charge in [-0.05, 0) is 33.0 Å². The van der Waals surface area contributed by atoms with Gasteiger partial charge in [0.05, 0.1) is 13.1 Å². The Bertz CT molecular complexity index is 346. The fourth-order valence-corrected chi connectivity index (χ4v) is 2.96. The maximum Gasteiger partial charge on any atom is 0.317 e. The molecule has 20 heavy (non-hydrogen) atoms. The highest BCUT2D eigenvalue weighted by Gasteiger charge is 2.27. The number of carbonyl (C=O) groups excluding carboxylic acids is 1. The molecule has 2 aliphatic heterocycles. The third-order valence-electron chi connectivity index (χ3n) is 4.38. The van der Waals surface area contributed by atoms with Crippen molar-refractivity contribution in [2.24, 2.45) is 5.92 Å². The van der Waals surface area contributed by atoms with E-state index < -0.39 is 5.97 Å². The smallest absolute Gasteiger partial charge is 0.317 e. The van der Waals surface area contributed by atoms with E-state index in [1.807, 2.05) is 4.90 Å². The van der Waals surface area contributed by atoms with Gasteiger partial charge < -0.3 is 10.0 Å². The van der Waals surface area contributed by atoms with Crippen LogP contribution in [-0.2, 0) is 9.59 Å². The lowest BCUT2D eigenvalue weighted by molar-refractivity contribution is -0.138. The van der Waals surface area contributed by atoms with Gasteiger partial charge in [0.2, 0.25) is 0 Å². The first-order valence-corrected chi connectivity index (χ1v) is 7.42. The fourth-order valence-electron chi connectivity index (χ4n) is 2.96. The fraction of sp³-hybridized carbons (Fsp3) is 0.857. The van der Waals surface area contributed by atoms with Crippen LogP contribution in [0.2, 0.25) is 0 Å². The second-order valence-corrected chi connectivity index (χ2v) is 5.99. The number of piperazine rings is 1. The highest BCUT2D eigenvalue weighted by molar-refractivity contribution is 5.83. The number of rotatable bonds is 5. The van der Waals surface area contributed by atoms with Gasteiger partial charge in [-0.3, -0.25) is 19.4 Å². The number of hydrogen-bond donors (Lipinski definition) is 1. The predicted octanol–water partition coefficient (Wildman–Crippen LogP) is -0.400. The molecular formula is C14H25N3O3. The number of Topliss-reactive ketones (excluding diaryl/α,β-unsaturated/α-hetero) is 1. The molecule has 0 spiro atoms. The molecule has 0 aromatic rings. The van der Waals surface area contributed by atoms with E-state index >= 15 is 0 Å². The number of likely N-dealkylation sites (N-methyl/N-ethyl adjacent to an activating group) is 1. The second-order valence-electron chi connectivity index (χ2n) is 5.99. The van der Waals surface area contributed by atoms with E-state index in [0.29, 0.717) is 12.3 Å². The Morgan fingerprint density at radius 2 is 1.50 bits per heavy atom. The van der Waals surface area contributed by atoms with Crippen molar-refractivity contribution in [3.8, 4) is 0 Å². The lowest BCUT2D eigenvalue weighted by Crippen LogP contribution is -2.48. The first kappa shape index (κ1) is 15.4. The lowest BCUT2D eigenvalue weighted by Gasteiger charge is -2.34. The highest BCUT2D eigenvalue weighted by Crippen LogP contribution is 2.18. The zero-order valence-corrected chi connectivity index (χ0v) is 12.3. The lowest BCUT2D eigenvalue weighted by atomic mass is 9.92. The van der Waals surface area contributed by atoms with Crippen LogP contribution in [0.3, 0.4) is 0 Å². The van der Waals surface area contributed by atoms with Gasteiger partial charge in [-0.15, -0.1) is 0 Å². The summed E-state index contributed by atoms with van der Waals surface area (Å²) >= 11 is 0. The molecule has 0 radical (unpaired) electrons. The number of piperidine rings is 1. The summed E-state index contributed by atoms with van der Waals surface area (Å²) in [5, 5.41) is 8.76. The maximum atomic E-state index is 12.3. The summed E-state index contributed by atoms with van der Waals surface area (Å²) in [7, 11) is 2.11. The second kappa shape index (κ2) is 7.15. The minimum Gasteiger partial charge on any atom is -0.480 e. The maximum absolute atomic E-state index is 12.3. The molecule has 0 aromatic heterocycles. The van der Waals surface area contributed by atoms with Crippen molar-refractivity contribution in [1.29, 1.82) is 0 Å². The highest BCUT2D eigenvalue weighted by atomic mass is 16.4. The van der Waals surface area contributed by atoms with Crippen LogP contribution in [0.5, 0.6) is 0 Å². The molecule has 1 N–H and O–H groups in total. The van der Waals surface area contributed by atoms with E-state index in [0.717, 1.165) is 52.1 Å². The van der Waals surface area contributed by atoms with Crippen LogP contribution in [0.4, 0.5) is 0 Å². The van der Waals surface area contributed by atoms with Crippen LogP contribution < -0.4 is 0 Å². The van der Waals surface area contributed by atoms with Crippen molar-refractivity contribution < 1.29 is 14.7 Å². The summed E-state index contributed by atoms with van der Waals surface area (Å²) in [6.45, 7) is 6.13. The van der Waals surface area contributed by atoms with Gasteiger partial charge >= 0.3 is 5.97 Å². The van der Waals surface area contributed by atoms with Gasteiger partial charge in [0.1, 0.15) is 5.78 Å². The Morgan fingerprint density at radius 3 is 2.05 bits per heavy atom. The summed E-state index contributed by atoms with van der Waals surface area (Å²) in [6.07, 6.45) is 1.61. The van der Waals surface area contributed by atoms with Crippen LogP contribution in [0.15, 0.2) is 0 Å². The molecule has 0 unspecified atom stereocenters. The topological polar surface area (TPSA) is 64.1 Å². The van der Waals surface area contributed by atoms with Crippen LogP contribution in [0.1, 0.15) is 12.8 Å². The van der Waals surface area contributed by atoms with Crippen molar-refractivity contribution in [2.45, 2.75) is 12.8 Å². The Labute approximate surface area is 120 Å². The molecule has 0 aromatic carbocycles. The molecular weight excluding hydrogens is 258 g/mol. The number of carbonyl (C=O) groups is 2. The molecule has 0 atom stereocenters. The first-order chi connectivity index (χ1) is 9.54. The van der Waals surface area contributed by atoms with Crippen molar-refractivity contribution in [2.75, 3.05) is 59.4 Å². The van der Waals surface area contributed by atoms with Crippen LogP contribution in [0, 0.1) is 5.92 Å². The molecule has 2 aliphatic rings. The third-order valence-corrected chi connectivity index (χ3v) is 4.38. The average Bonchev–Trinajstić information content (AvgIpc) is 2.41. The molecule has 0 aliphatic carbocycles. The van der Waals surface area contributed by atoms with E-state index in [1.165, 1.54) is 0 Å². The first-order valence-electron chi connectivity index (χ1n) is 7.42. The van der Waals surface area contributed by atoms with Crippen molar-refractivity contribution >= 4 is 11.8 Å². The van der Waals surface area contributed by atoms with Crippen LogP contribution in [-0.4, -0.2) is 91.0 Å². The number of carboxylic acid groups (broad SMARTS) is 1. The number of ketones is 1. The summed E-state index contributed by atoms with van der Waals surface area (Å²) in [4.78, 5) is 29.4. The van der Waals surface area contributed by atoms with Crippen molar-refractivity contribution in [3.63, 3.8) is 0 Å². The molecule has 6 heteroatoms. The van der Waals surface area contributed by atoms with E-state index in [-0.39, 0.29) is 12.5 Å². The molecule has 0 saturated carbocycles. The molecule has 2 heterocycles. The largest absolute Gasteiger partial charge is 0.480 e. The number of likely N-dealkylation sites (tertiary alicyclic amines) is 1. The normalized spacial score (nSPS) is 23.9. The minimum atomic E-state index is -0.785. The number of aliphatic carboxylic acids is 1. The molecule has 0 amide bonds. The van der Waals surface area contributed by atoms with Gasteiger partial charge in [-0.2, -0.15) is 0 Å². The van der Waals surface area contributed by atoms with Gasteiger partial charge in [0.15, 0.2) is 0 Å². The van der Waals surface area contributed by atoms with E-state index in [4.69, 9.17) is 5.11 Å². The van der Waals surface area contributed by atoms with E-state index in [1.54, 1.807) is 0 Å². The predicted molar refractivity (Wildman–Crippen MR) is 75.7 cm³/mol. The zero-order chi connectivity index (χ0) is 14.5. The Kier molecular flexibility index (Phi) is 5.51. The molecule has 6 nitrogen and oxygen atoms in total. The van der Waals surface area contributed by atoms with E-state index in [9.17, 15) is 9.59 Å². The Balaban J connectivity index is 1.70. The van der Waals surface area contributed by atoms with Crippen molar-refractivity contribution in [1.82, 2.24) is 14.7 Å². The van der Waals surface area contributed by atoms with Crippen molar-refractivity contribution in [3.05, 3.63) is 0 Å². The number of nitrogens with zero attached hydrogens (tertiary/aromatic N) is 3. The molecule has 2 saturated heterocycles. The van der Waals surface area contributed by atoms with E-state index in [2.05, 4.69) is 16.8 Å². The standard InChI is InChI=1S/C14H25N3O3/c1-15-6-8-17(9-7-15)10-13(18)12-2-4-16(5-3-12)11-14(19)20/h12H,2-11H2,1H3,(H,19,20). The number of carboxylic acids is 1. The number of hydrogen-bond acceptors (Lipinski definition) is 5. The summed E-state index contributed by atoms with van der Waals surface area (Å²) in [5.41, 5.74) is 0. The average molecular weight is 283 g/mol. The van der Waals surface area contributed by atoms with Gasteiger partial charge in [-0.25, -0.2) is 0 Å². The van der Waals surface area contributed by atoms with Gasteiger partial charge in [-0.1, -0.05) is 0 Å².